The number of hydrogen-bond donors (Lipinski definition) is 2. The van der Waals surface area contributed by atoms with Gasteiger partial charge in [-0.05, 0) is 27.2 Å². The number of ether oxygens (including phenoxy) is 1. The summed E-state index contributed by atoms with van der Waals surface area (Å²) in [5.74, 6) is -0.177. The lowest BCUT2D eigenvalue weighted by Gasteiger charge is -2.18. The smallest absolute Gasteiger partial charge is 0.307 e. The first-order valence-electron chi connectivity index (χ1n) is 5.12. The van der Waals surface area contributed by atoms with Gasteiger partial charge in [0.2, 0.25) is 0 Å². The quantitative estimate of drug-likeness (QED) is 0.598. The Morgan fingerprint density at radius 1 is 1.43 bits per heavy atom. The van der Waals surface area contributed by atoms with Crippen molar-refractivity contribution in [1.29, 1.82) is 0 Å². The molecule has 0 aromatic heterocycles. The van der Waals surface area contributed by atoms with Crippen molar-refractivity contribution >= 4 is 5.97 Å². The Balaban J connectivity index is 3.63. The molecule has 0 fully saturated rings. The van der Waals surface area contributed by atoms with Crippen LogP contribution in [0.25, 0.3) is 0 Å². The maximum Gasteiger partial charge on any atom is 0.307 e. The van der Waals surface area contributed by atoms with Gasteiger partial charge in [0.15, 0.2) is 0 Å². The summed E-state index contributed by atoms with van der Waals surface area (Å²) in [7, 11) is 0. The van der Waals surface area contributed by atoms with Crippen LogP contribution in [0.15, 0.2) is 0 Å². The highest BCUT2D eigenvalue weighted by molar-refractivity contribution is 5.69. The predicted octanol–water partition coefficient (Wildman–Crippen LogP) is 0.689. The third-order valence-corrected chi connectivity index (χ3v) is 1.91. The topological polar surface area (TPSA) is 58.6 Å². The van der Waals surface area contributed by atoms with Crippen molar-refractivity contribution in [1.82, 2.24) is 5.32 Å². The fourth-order valence-corrected chi connectivity index (χ4v) is 1.29. The number of esters is 1. The van der Waals surface area contributed by atoms with Crippen LogP contribution in [0.3, 0.4) is 0 Å². The SMILES string of the molecule is CCOC(=O)CC(C)NC(C)CCO. The monoisotopic (exact) mass is 203 g/mol. The number of aliphatic hydroxyl groups is 1. The summed E-state index contributed by atoms with van der Waals surface area (Å²) < 4.78 is 4.83. The van der Waals surface area contributed by atoms with Crippen LogP contribution < -0.4 is 5.32 Å². The molecule has 0 aliphatic carbocycles. The molecular formula is C10H21NO3. The van der Waals surface area contributed by atoms with Crippen molar-refractivity contribution in [2.45, 2.75) is 45.7 Å². The van der Waals surface area contributed by atoms with Gasteiger partial charge in [0.1, 0.15) is 0 Å². The molecule has 84 valence electrons. The van der Waals surface area contributed by atoms with E-state index in [1.807, 2.05) is 13.8 Å². The van der Waals surface area contributed by atoms with Gasteiger partial charge < -0.3 is 15.2 Å². The first kappa shape index (κ1) is 13.4. The second-order valence-corrected chi connectivity index (χ2v) is 3.49. The molecular weight excluding hydrogens is 182 g/mol. The van der Waals surface area contributed by atoms with E-state index in [1.54, 1.807) is 6.92 Å². The summed E-state index contributed by atoms with van der Waals surface area (Å²) in [4.78, 5) is 11.1. The fraction of sp³-hybridized carbons (Fsp3) is 0.900. The van der Waals surface area contributed by atoms with Crippen LogP contribution in [0, 0.1) is 0 Å². The highest BCUT2D eigenvalue weighted by Crippen LogP contribution is 1.98. The number of carbonyl (C=O) groups excluding carboxylic acids is 1. The summed E-state index contributed by atoms with van der Waals surface area (Å²) in [6, 6.07) is 0.319. The fourth-order valence-electron chi connectivity index (χ4n) is 1.29. The lowest BCUT2D eigenvalue weighted by Crippen LogP contribution is -2.36. The van der Waals surface area contributed by atoms with Gasteiger partial charge in [-0.1, -0.05) is 0 Å². The molecule has 0 saturated heterocycles. The number of aliphatic hydroxyl groups excluding tert-OH is 1. The minimum absolute atomic E-state index is 0.0931. The Kier molecular flexibility index (Phi) is 7.42. The van der Waals surface area contributed by atoms with E-state index in [0.29, 0.717) is 19.4 Å². The van der Waals surface area contributed by atoms with Crippen molar-refractivity contribution in [3.05, 3.63) is 0 Å². The van der Waals surface area contributed by atoms with E-state index in [0.717, 1.165) is 0 Å². The summed E-state index contributed by atoms with van der Waals surface area (Å²) in [5, 5.41) is 11.9. The maximum absolute atomic E-state index is 11.1. The molecule has 0 aliphatic rings. The third-order valence-electron chi connectivity index (χ3n) is 1.91. The van der Waals surface area contributed by atoms with Crippen LogP contribution in [-0.2, 0) is 9.53 Å². The van der Waals surface area contributed by atoms with Crippen molar-refractivity contribution in [2.75, 3.05) is 13.2 Å². The van der Waals surface area contributed by atoms with Gasteiger partial charge in [-0.25, -0.2) is 0 Å². The highest BCUT2D eigenvalue weighted by atomic mass is 16.5. The van der Waals surface area contributed by atoms with Gasteiger partial charge in [0.05, 0.1) is 13.0 Å². The molecule has 0 saturated carbocycles. The normalized spacial score (nSPS) is 14.9. The van der Waals surface area contributed by atoms with Crippen LogP contribution in [0.2, 0.25) is 0 Å². The van der Waals surface area contributed by atoms with Crippen molar-refractivity contribution in [2.24, 2.45) is 0 Å². The molecule has 4 heteroatoms. The summed E-state index contributed by atoms with van der Waals surface area (Å²) >= 11 is 0. The summed E-state index contributed by atoms with van der Waals surface area (Å²) in [5.41, 5.74) is 0. The molecule has 0 aliphatic heterocycles. The molecule has 0 spiro atoms. The molecule has 2 atom stereocenters. The molecule has 2 N–H and O–H groups in total. The van der Waals surface area contributed by atoms with E-state index >= 15 is 0 Å². The Hall–Kier alpha value is -0.610. The van der Waals surface area contributed by atoms with Crippen molar-refractivity contribution < 1.29 is 14.6 Å². The number of hydrogen-bond acceptors (Lipinski definition) is 4. The van der Waals surface area contributed by atoms with Gasteiger partial charge in [-0.2, -0.15) is 0 Å². The molecule has 2 unspecified atom stereocenters. The largest absolute Gasteiger partial charge is 0.466 e. The Bertz CT molecular complexity index is 161. The summed E-state index contributed by atoms with van der Waals surface area (Å²) in [6.07, 6.45) is 1.08. The molecule has 0 aromatic rings. The lowest BCUT2D eigenvalue weighted by atomic mass is 10.2. The zero-order valence-electron chi connectivity index (χ0n) is 9.25. The third kappa shape index (κ3) is 6.86. The van der Waals surface area contributed by atoms with E-state index in [4.69, 9.17) is 9.84 Å². The molecule has 0 bridgehead atoms. The molecule has 0 aromatic carbocycles. The second-order valence-electron chi connectivity index (χ2n) is 3.49. The molecule has 0 radical (unpaired) electrons. The molecule has 0 amide bonds. The molecule has 0 rings (SSSR count). The Morgan fingerprint density at radius 3 is 2.57 bits per heavy atom. The van der Waals surface area contributed by atoms with Crippen LogP contribution >= 0.6 is 0 Å². The second kappa shape index (κ2) is 7.76. The van der Waals surface area contributed by atoms with Gasteiger partial charge in [0.25, 0.3) is 0 Å². The zero-order valence-corrected chi connectivity index (χ0v) is 9.25. The lowest BCUT2D eigenvalue weighted by molar-refractivity contribution is -0.143. The molecule has 14 heavy (non-hydrogen) atoms. The zero-order chi connectivity index (χ0) is 11.0. The minimum Gasteiger partial charge on any atom is -0.466 e. The van der Waals surface area contributed by atoms with Gasteiger partial charge in [0, 0.05) is 18.7 Å². The van der Waals surface area contributed by atoms with E-state index in [2.05, 4.69) is 5.32 Å². The molecule has 0 heterocycles. The van der Waals surface area contributed by atoms with Gasteiger partial charge in [-0.15, -0.1) is 0 Å². The number of nitrogens with one attached hydrogen (secondary N) is 1. The van der Waals surface area contributed by atoms with Crippen LogP contribution in [0.5, 0.6) is 0 Å². The number of rotatable bonds is 7. The van der Waals surface area contributed by atoms with E-state index in [1.165, 1.54) is 0 Å². The summed E-state index contributed by atoms with van der Waals surface area (Å²) in [6.45, 7) is 6.31. The number of carbonyl (C=O) groups is 1. The van der Waals surface area contributed by atoms with Gasteiger partial charge in [-0.3, -0.25) is 4.79 Å². The van der Waals surface area contributed by atoms with Crippen molar-refractivity contribution in [3.63, 3.8) is 0 Å². The van der Waals surface area contributed by atoms with E-state index < -0.39 is 0 Å². The highest BCUT2D eigenvalue weighted by Gasteiger charge is 2.11. The average Bonchev–Trinajstić information content (AvgIpc) is 2.03. The first-order chi connectivity index (χ1) is 6.60. The predicted molar refractivity (Wildman–Crippen MR) is 55.0 cm³/mol. The standard InChI is InChI=1S/C10H21NO3/c1-4-14-10(13)7-9(3)11-8(2)5-6-12/h8-9,11-12H,4-7H2,1-3H3. The van der Waals surface area contributed by atoms with Crippen LogP contribution in [0.1, 0.15) is 33.6 Å². The van der Waals surface area contributed by atoms with Gasteiger partial charge >= 0.3 is 5.97 Å². The van der Waals surface area contributed by atoms with Crippen LogP contribution in [0.4, 0.5) is 0 Å². The molecule has 4 nitrogen and oxygen atoms in total. The first-order valence-corrected chi connectivity index (χ1v) is 5.12. The van der Waals surface area contributed by atoms with Crippen molar-refractivity contribution in [3.8, 4) is 0 Å². The Labute approximate surface area is 85.6 Å². The van der Waals surface area contributed by atoms with E-state index in [9.17, 15) is 4.79 Å². The Morgan fingerprint density at radius 2 is 2.07 bits per heavy atom. The maximum atomic E-state index is 11.1. The van der Waals surface area contributed by atoms with E-state index in [-0.39, 0.29) is 24.7 Å². The average molecular weight is 203 g/mol. The minimum atomic E-state index is -0.177. The van der Waals surface area contributed by atoms with Crippen LogP contribution in [-0.4, -0.2) is 36.4 Å².